The number of benzene rings is 3. The lowest BCUT2D eigenvalue weighted by molar-refractivity contribution is 0.282. The van der Waals surface area contributed by atoms with E-state index in [-0.39, 0.29) is 6.61 Å². The Kier molecular flexibility index (Phi) is 4.82. The third-order valence-electron chi connectivity index (χ3n) is 5.15. The molecule has 5 rings (SSSR count). The number of rotatable bonds is 5. The first-order valence-corrected chi connectivity index (χ1v) is 9.89. The molecular weight excluding hydrogens is 388 g/mol. The summed E-state index contributed by atoms with van der Waals surface area (Å²) >= 11 is 0. The number of aliphatic hydroxyl groups is 1. The first-order chi connectivity index (χ1) is 15.2. The molecule has 152 valence electrons. The third kappa shape index (κ3) is 3.60. The summed E-state index contributed by atoms with van der Waals surface area (Å²) in [5, 5.41) is 17.5. The van der Waals surface area contributed by atoms with Crippen LogP contribution in [-0.2, 0) is 6.61 Å². The van der Waals surface area contributed by atoms with Crippen LogP contribution in [0.5, 0.6) is 11.5 Å². The number of anilines is 1. The molecule has 0 saturated carbocycles. The summed E-state index contributed by atoms with van der Waals surface area (Å²) in [5.74, 6) is 1.95. The van der Waals surface area contributed by atoms with Crippen molar-refractivity contribution in [2.24, 2.45) is 0 Å². The number of ether oxygens (including phenoxy) is 1. The van der Waals surface area contributed by atoms with E-state index >= 15 is 0 Å². The van der Waals surface area contributed by atoms with Gasteiger partial charge in [0.15, 0.2) is 5.82 Å². The number of fused-ring (bicyclic) bond motifs is 1. The van der Waals surface area contributed by atoms with E-state index in [0.29, 0.717) is 5.82 Å². The van der Waals surface area contributed by atoms with Gasteiger partial charge in [-0.3, -0.25) is 10.1 Å². The molecule has 0 bridgehead atoms. The van der Waals surface area contributed by atoms with E-state index in [0.717, 1.165) is 50.3 Å². The number of H-pyrrole nitrogens is 1. The maximum absolute atomic E-state index is 9.46. The van der Waals surface area contributed by atoms with Gasteiger partial charge in [-0.15, -0.1) is 0 Å². The molecule has 0 amide bonds. The van der Waals surface area contributed by atoms with Crippen molar-refractivity contribution in [2.75, 3.05) is 5.73 Å². The lowest BCUT2D eigenvalue weighted by Gasteiger charge is -2.10. The van der Waals surface area contributed by atoms with Crippen molar-refractivity contribution in [3.8, 4) is 33.9 Å². The van der Waals surface area contributed by atoms with Crippen molar-refractivity contribution in [1.82, 2.24) is 15.2 Å². The van der Waals surface area contributed by atoms with E-state index in [1.165, 1.54) is 0 Å². The Bertz CT molecular complexity index is 1350. The maximum Gasteiger partial charge on any atom is 0.153 e. The lowest BCUT2D eigenvalue weighted by atomic mass is 10.00. The summed E-state index contributed by atoms with van der Waals surface area (Å²) < 4.78 is 5.88. The van der Waals surface area contributed by atoms with Gasteiger partial charge in [0.05, 0.1) is 23.2 Å². The van der Waals surface area contributed by atoms with E-state index in [1.54, 1.807) is 0 Å². The van der Waals surface area contributed by atoms with E-state index < -0.39 is 0 Å². The van der Waals surface area contributed by atoms with Crippen LogP contribution >= 0.6 is 0 Å². The number of pyridine rings is 1. The molecule has 6 heteroatoms. The minimum absolute atomic E-state index is 0.0302. The number of aromatic amines is 1. The van der Waals surface area contributed by atoms with E-state index in [4.69, 9.17) is 15.5 Å². The second kappa shape index (κ2) is 7.93. The molecular formula is C25H20N4O2. The zero-order valence-electron chi connectivity index (χ0n) is 16.6. The molecule has 6 nitrogen and oxygen atoms in total. The molecule has 5 aromatic rings. The highest BCUT2D eigenvalue weighted by atomic mass is 16.5. The zero-order valence-corrected chi connectivity index (χ0v) is 16.6. The average Bonchev–Trinajstić information content (AvgIpc) is 3.21. The van der Waals surface area contributed by atoms with Gasteiger partial charge < -0.3 is 15.6 Å². The predicted octanol–water partition coefficient (Wildman–Crippen LogP) is 5.16. The number of aromatic nitrogens is 3. The molecule has 0 aliphatic rings. The quantitative estimate of drug-likeness (QED) is 0.373. The Morgan fingerprint density at radius 2 is 1.65 bits per heavy atom. The fourth-order valence-corrected chi connectivity index (χ4v) is 3.64. The van der Waals surface area contributed by atoms with Crippen LogP contribution in [-0.4, -0.2) is 20.3 Å². The second-order valence-electron chi connectivity index (χ2n) is 7.18. The minimum atomic E-state index is -0.0302. The highest BCUT2D eigenvalue weighted by Gasteiger charge is 2.16. The molecule has 0 aliphatic heterocycles. The predicted molar refractivity (Wildman–Crippen MR) is 122 cm³/mol. The summed E-state index contributed by atoms with van der Waals surface area (Å²) in [5.41, 5.74) is 11.3. The Morgan fingerprint density at radius 3 is 2.42 bits per heavy atom. The number of nitrogens with zero attached hydrogens (tertiary/aromatic N) is 2. The Hall–Kier alpha value is -4.16. The molecule has 0 unspecified atom stereocenters. The Balaban J connectivity index is 1.54. The highest BCUT2D eigenvalue weighted by molar-refractivity contribution is 6.06. The highest BCUT2D eigenvalue weighted by Crippen LogP contribution is 2.36. The van der Waals surface area contributed by atoms with Gasteiger partial charge in [0.1, 0.15) is 11.5 Å². The van der Waals surface area contributed by atoms with Crippen LogP contribution in [0, 0.1) is 0 Å². The summed E-state index contributed by atoms with van der Waals surface area (Å²) in [6, 6.07) is 25.1. The lowest BCUT2D eigenvalue weighted by Crippen LogP contribution is -1.92. The maximum atomic E-state index is 9.46. The zero-order chi connectivity index (χ0) is 21.2. The minimum Gasteiger partial charge on any atom is -0.457 e. The van der Waals surface area contributed by atoms with Crippen LogP contribution in [0.4, 0.5) is 5.82 Å². The van der Waals surface area contributed by atoms with Crippen molar-refractivity contribution in [3.05, 3.63) is 90.6 Å². The molecule has 4 N–H and O–H groups in total. The van der Waals surface area contributed by atoms with Gasteiger partial charge in [0, 0.05) is 17.3 Å². The van der Waals surface area contributed by atoms with Gasteiger partial charge in [0.25, 0.3) is 0 Å². The molecule has 0 aliphatic carbocycles. The molecule has 0 radical (unpaired) electrons. The smallest absolute Gasteiger partial charge is 0.153 e. The number of para-hydroxylation sites is 1. The van der Waals surface area contributed by atoms with Crippen molar-refractivity contribution in [2.45, 2.75) is 6.61 Å². The van der Waals surface area contributed by atoms with Crippen LogP contribution in [0.3, 0.4) is 0 Å². The number of hydrogen-bond donors (Lipinski definition) is 3. The Morgan fingerprint density at radius 1 is 0.871 bits per heavy atom. The van der Waals surface area contributed by atoms with Crippen molar-refractivity contribution < 1.29 is 9.84 Å². The van der Waals surface area contributed by atoms with Gasteiger partial charge >= 0.3 is 0 Å². The molecule has 0 atom stereocenters. The van der Waals surface area contributed by atoms with E-state index in [9.17, 15) is 5.11 Å². The number of nitrogens with one attached hydrogen (secondary N) is 1. The SMILES string of the molecule is Nc1n[nH]c2c(-c3cccc(CO)c3)ncc(-c3ccc(Oc4ccccc4)cc3)c12. The molecule has 3 aromatic carbocycles. The van der Waals surface area contributed by atoms with Crippen LogP contribution < -0.4 is 10.5 Å². The normalized spacial score (nSPS) is 11.0. The van der Waals surface area contributed by atoms with Gasteiger partial charge in [0.2, 0.25) is 0 Å². The van der Waals surface area contributed by atoms with Crippen molar-refractivity contribution >= 4 is 16.7 Å². The summed E-state index contributed by atoms with van der Waals surface area (Å²) in [7, 11) is 0. The van der Waals surface area contributed by atoms with E-state index in [2.05, 4.69) is 10.2 Å². The number of aliphatic hydroxyl groups excluding tert-OH is 1. The monoisotopic (exact) mass is 408 g/mol. The second-order valence-corrected chi connectivity index (χ2v) is 7.18. The third-order valence-corrected chi connectivity index (χ3v) is 5.15. The van der Waals surface area contributed by atoms with Gasteiger partial charge in [-0.25, -0.2) is 0 Å². The summed E-state index contributed by atoms with van der Waals surface area (Å²) in [6.07, 6.45) is 1.81. The van der Waals surface area contributed by atoms with E-state index in [1.807, 2.05) is 85.1 Å². The topological polar surface area (TPSA) is 97.0 Å². The number of nitrogens with two attached hydrogens (primary N) is 1. The summed E-state index contributed by atoms with van der Waals surface area (Å²) in [4.78, 5) is 4.69. The molecule has 2 heterocycles. The molecule has 31 heavy (non-hydrogen) atoms. The van der Waals surface area contributed by atoms with Crippen molar-refractivity contribution in [3.63, 3.8) is 0 Å². The first kappa shape index (κ1) is 18.8. The summed E-state index contributed by atoms with van der Waals surface area (Å²) in [6.45, 7) is -0.0302. The van der Waals surface area contributed by atoms with Crippen LogP contribution in [0.1, 0.15) is 5.56 Å². The number of nitrogen functional groups attached to an aromatic ring is 1. The van der Waals surface area contributed by atoms with Gasteiger partial charge in [-0.05, 0) is 41.5 Å². The Labute approximate surface area is 179 Å². The average molecular weight is 408 g/mol. The van der Waals surface area contributed by atoms with Crippen LogP contribution in [0.15, 0.2) is 85.1 Å². The standard InChI is InChI=1S/C25H20N4O2/c26-25-22-21(17-9-11-20(12-10-17)31-19-7-2-1-3-8-19)14-27-23(24(22)28-29-25)18-6-4-5-16(13-18)15-30/h1-14,30H,15H2,(H3,26,28,29). The molecule has 2 aromatic heterocycles. The van der Waals surface area contributed by atoms with Crippen LogP contribution in [0.2, 0.25) is 0 Å². The first-order valence-electron chi connectivity index (χ1n) is 9.89. The van der Waals surface area contributed by atoms with Gasteiger partial charge in [-0.1, -0.05) is 48.5 Å². The largest absolute Gasteiger partial charge is 0.457 e. The molecule has 0 fully saturated rings. The van der Waals surface area contributed by atoms with Crippen LogP contribution in [0.25, 0.3) is 33.3 Å². The fourth-order valence-electron chi connectivity index (χ4n) is 3.64. The fraction of sp³-hybridized carbons (Fsp3) is 0.0400. The van der Waals surface area contributed by atoms with Gasteiger partial charge in [-0.2, -0.15) is 5.10 Å². The van der Waals surface area contributed by atoms with Crippen molar-refractivity contribution in [1.29, 1.82) is 0 Å². The number of hydrogen-bond acceptors (Lipinski definition) is 5. The molecule has 0 saturated heterocycles. The molecule has 0 spiro atoms.